The Balaban J connectivity index is 1.35. The number of hydrogen-bond acceptors (Lipinski definition) is 6. The monoisotopic (exact) mass is 469 g/mol. The molecule has 0 saturated carbocycles. The van der Waals surface area contributed by atoms with E-state index in [0.29, 0.717) is 27.6 Å². The lowest BCUT2D eigenvalue weighted by Crippen LogP contribution is -2.43. The molecule has 35 heavy (non-hydrogen) atoms. The van der Waals surface area contributed by atoms with Crippen molar-refractivity contribution in [1.29, 1.82) is 0 Å². The zero-order valence-corrected chi connectivity index (χ0v) is 18.3. The number of nitrogens with one attached hydrogen (secondary N) is 2. The van der Waals surface area contributed by atoms with Crippen molar-refractivity contribution in [2.45, 2.75) is 13.0 Å². The average Bonchev–Trinajstić information content (AvgIpc) is 3.21. The molecular weight excluding hydrogens is 450 g/mol. The summed E-state index contributed by atoms with van der Waals surface area (Å²) in [6.45, 7) is 0.0671. The van der Waals surface area contributed by atoms with Crippen LogP contribution in [0.1, 0.15) is 16.9 Å². The Morgan fingerprint density at radius 3 is 2.31 bits per heavy atom. The lowest BCUT2D eigenvalue weighted by Gasteiger charge is -2.12. The quantitative estimate of drug-likeness (QED) is 0.380. The molecule has 0 spiro atoms. The number of hydrazine groups is 1. The minimum atomic E-state index is -0.690. The predicted octanol–water partition coefficient (Wildman–Crippen LogP) is 2.14. The maximum Gasteiger partial charge on any atom is 0.419 e. The largest absolute Gasteiger partial charge is 0.419 e. The summed E-state index contributed by atoms with van der Waals surface area (Å²) in [5, 5.41) is 4.93. The third-order valence-corrected chi connectivity index (χ3v) is 5.47. The maximum absolute atomic E-state index is 13.0. The van der Waals surface area contributed by atoms with Crippen molar-refractivity contribution in [2.75, 3.05) is 0 Å². The summed E-state index contributed by atoms with van der Waals surface area (Å²) in [6, 6.07) is 22.2. The van der Waals surface area contributed by atoms with E-state index in [9.17, 15) is 19.2 Å². The molecule has 0 radical (unpaired) electrons. The van der Waals surface area contributed by atoms with E-state index in [1.165, 1.54) is 4.57 Å². The third kappa shape index (κ3) is 4.20. The van der Waals surface area contributed by atoms with Crippen LogP contribution in [-0.4, -0.2) is 26.2 Å². The van der Waals surface area contributed by atoms with Gasteiger partial charge in [-0.2, -0.15) is 9.78 Å². The number of carbonyl (C=O) groups is 2. The predicted molar refractivity (Wildman–Crippen MR) is 128 cm³/mol. The van der Waals surface area contributed by atoms with E-state index in [4.69, 9.17) is 4.42 Å². The van der Waals surface area contributed by atoms with Crippen molar-refractivity contribution in [3.8, 4) is 5.69 Å². The molecule has 174 valence electrons. The molecule has 5 aromatic rings. The van der Waals surface area contributed by atoms with E-state index in [0.717, 1.165) is 4.68 Å². The molecule has 0 aliphatic heterocycles. The number of carbonyl (C=O) groups excluding carboxylic acids is 2. The molecule has 0 aliphatic rings. The van der Waals surface area contributed by atoms with Gasteiger partial charge in [-0.05, 0) is 30.3 Å². The summed E-state index contributed by atoms with van der Waals surface area (Å²) in [4.78, 5) is 50.3. The van der Waals surface area contributed by atoms with E-state index in [-0.39, 0.29) is 24.2 Å². The van der Waals surface area contributed by atoms with Crippen LogP contribution >= 0.6 is 0 Å². The number of fused-ring (bicyclic) bond motifs is 2. The molecule has 2 amide bonds. The fraction of sp³-hybridized carbons (Fsp3) is 0.0800. The highest BCUT2D eigenvalue weighted by atomic mass is 16.4. The molecule has 0 aliphatic carbocycles. The number of para-hydroxylation sites is 3. The second-order valence-corrected chi connectivity index (χ2v) is 7.69. The smallest absolute Gasteiger partial charge is 0.408 e. The Morgan fingerprint density at radius 2 is 1.51 bits per heavy atom. The molecule has 2 aromatic heterocycles. The van der Waals surface area contributed by atoms with Crippen LogP contribution in [0.4, 0.5) is 0 Å². The van der Waals surface area contributed by atoms with E-state index in [1.54, 1.807) is 78.9 Å². The number of hydrogen-bond donors (Lipinski definition) is 2. The van der Waals surface area contributed by atoms with Gasteiger partial charge in [0.15, 0.2) is 11.3 Å². The SMILES string of the molecule is O=C(CCn1c(=O)oc2ccccc21)NNC(=O)c1nn(-c2ccccc2)c(=O)c2ccccc12. The first-order chi connectivity index (χ1) is 17.0. The summed E-state index contributed by atoms with van der Waals surface area (Å²) >= 11 is 0. The van der Waals surface area contributed by atoms with Gasteiger partial charge in [-0.1, -0.05) is 48.5 Å². The number of aromatic nitrogens is 3. The molecule has 5 rings (SSSR count). The van der Waals surface area contributed by atoms with Gasteiger partial charge in [-0.15, -0.1) is 0 Å². The molecule has 10 nitrogen and oxygen atoms in total. The number of nitrogens with zero attached hydrogens (tertiary/aromatic N) is 3. The molecule has 0 saturated heterocycles. The minimum Gasteiger partial charge on any atom is -0.408 e. The van der Waals surface area contributed by atoms with Crippen molar-refractivity contribution in [2.24, 2.45) is 0 Å². The van der Waals surface area contributed by atoms with Crippen LogP contribution in [0.25, 0.3) is 27.6 Å². The highest BCUT2D eigenvalue weighted by molar-refractivity contribution is 6.05. The average molecular weight is 469 g/mol. The van der Waals surface area contributed by atoms with Crippen LogP contribution < -0.4 is 22.2 Å². The molecule has 3 aromatic carbocycles. The lowest BCUT2D eigenvalue weighted by molar-refractivity contribution is -0.122. The molecular formula is C25H19N5O5. The fourth-order valence-corrected chi connectivity index (χ4v) is 3.79. The molecule has 2 heterocycles. The highest BCUT2D eigenvalue weighted by Gasteiger charge is 2.18. The molecule has 10 heteroatoms. The topological polar surface area (TPSA) is 128 Å². The van der Waals surface area contributed by atoms with Gasteiger partial charge in [0.05, 0.1) is 16.6 Å². The van der Waals surface area contributed by atoms with E-state index >= 15 is 0 Å². The van der Waals surface area contributed by atoms with Crippen LogP contribution in [0.3, 0.4) is 0 Å². The number of aryl methyl sites for hydroxylation is 1. The summed E-state index contributed by atoms with van der Waals surface area (Å²) in [5.41, 5.74) is 5.79. The molecule has 2 N–H and O–H groups in total. The normalized spacial score (nSPS) is 11.0. The van der Waals surface area contributed by atoms with Gasteiger partial charge in [-0.25, -0.2) is 4.79 Å². The molecule has 0 fully saturated rings. The van der Waals surface area contributed by atoms with Crippen molar-refractivity contribution < 1.29 is 14.0 Å². The zero-order chi connectivity index (χ0) is 24.4. The van der Waals surface area contributed by atoms with Crippen LogP contribution in [0.5, 0.6) is 0 Å². The van der Waals surface area contributed by atoms with Gasteiger partial charge in [0.25, 0.3) is 11.5 Å². The number of rotatable bonds is 5. The Labute approximate surface area is 197 Å². The van der Waals surface area contributed by atoms with Gasteiger partial charge in [0, 0.05) is 18.4 Å². The zero-order valence-electron chi connectivity index (χ0n) is 18.3. The Bertz CT molecular complexity index is 1680. The first-order valence-electron chi connectivity index (χ1n) is 10.8. The summed E-state index contributed by atoms with van der Waals surface area (Å²) in [7, 11) is 0. The first kappa shape index (κ1) is 21.8. The summed E-state index contributed by atoms with van der Waals surface area (Å²) in [5.74, 6) is -1.77. The second-order valence-electron chi connectivity index (χ2n) is 7.69. The van der Waals surface area contributed by atoms with Crippen molar-refractivity contribution in [3.63, 3.8) is 0 Å². The highest BCUT2D eigenvalue weighted by Crippen LogP contribution is 2.15. The number of benzene rings is 3. The van der Waals surface area contributed by atoms with Crippen molar-refractivity contribution >= 4 is 33.7 Å². The van der Waals surface area contributed by atoms with Gasteiger partial charge in [0.1, 0.15) is 0 Å². The van der Waals surface area contributed by atoms with Crippen LogP contribution in [-0.2, 0) is 11.3 Å². The van der Waals surface area contributed by atoms with Crippen LogP contribution in [0.15, 0.2) is 92.9 Å². The Morgan fingerprint density at radius 1 is 0.829 bits per heavy atom. The number of oxazole rings is 1. The molecule has 0 bridgehead atoms. The number of amides is 2. The first-order valence-corrected chi connectivity index (χ1v) is 10.8. The van der Waals surface area contributed by atoms with E-state index < -0.39 is 17.6 Å². The minimum absolute atomic E-state index is 0.0265. The molecule has 0 atom stereocenters. The van der Waals surface area contributed by atoms with Crippen molar-refractivity contribution in [1.82, 2.24) is 25.2 Å². The summed E-state index contributed by atoms with van der Waals surface area (Å²) in [6.07, 6.45) is -0.0819. The third-order valence-electron chi connectivity index (χ3n) is 5.47. The molecule has 0 unspecified atom stereocenters. The van der Waals surface area contributed by atoms with E-state index in [1.807, 2.05) is 0 Å². The fourth-order valence-electron chi connectivity index (χ4n) is 3.79. The van der Waals surface area contributed by atoms with E-state index in [2.05, 4.69) is 16.0 Å². The maximum atomic E-state index is 13.0. The van der Waals surface area contributed by atoms with Gasteiger partial charge in [-0.3, -0.25) is 29.8 Å². The van der Waals surface area contributed by atoms with Crippen molar-refractivity contribution in [3.05, 3.63) is 105 Å². The Hall–Kier alpha value is -4.99. The van der Waals surface area contributed by atoms with Crippen LogP contribution in [0.2, 0.25) is 0 Å². The second kappa shape index (κ2) is 9.10. The van der Waals surface area contributed by atoms with Gasteiger partial charge in [0.2, 0.25) is 5.91 Å². The van der Waals surface area contributed by atoms with Gasteiger partial charge < -0.3 is 4.42 Å². The van der Waals surface area contributed by atoms with Crippen LogP contribution in [0, 0.1) is 0 Å². The summed E-state index contributed by atoms with van der Waals surface area (Å²) < 4.78 is 7.65. The lowest BCUT2D eigenvalue weighted by atomic mass is 10.1. The standard InChI is InChI=1S/C25H19N5O5/c31-21(14-15-29-19-12-6-7-13-20(19)35-25(29)34)26-27-23(32)22-17-10-4-5-11-18(17)24(33)30(28-22)16-8-2-1-3-9-16/h1-13H,14-15H2,(H,26,31)(H,27,32). The van der Waals surface area contributed by atoms with Gasteiger partial charge >= 0.3 is 5.76 Å². The Kier molecular flexibility index (Phi) is 5.68.